The molecule has 1 rings (SSSR count). The van der Waals surface area contributed by atoms with Crippen molar-refractivity contribution in [1.82, 2.24) is 0 Å². The van der Waals surface area contributed by atoms with Gasteiger partial charge in [-0.1, -0.05) is 90.4 Å². The van der Waals surface area contributed by atoms with Gasteiger partial charge in [0, 0.05) is 6.42 Å². The summed E-state index contributed by atoms with van der Waals surface area (Å²) in [6, 6.07) is 0. The Morgan fingerprint density at radius 2 is 1.43 bits per heavy atom. The van der Waals surface area contributed by atoms with Gasteiger partial charge in [0.2, 0.25) is 5.84 Å². The summed E-state index contributed by atoms with van der Waals surface area (Å²) >= 11 is 0. The summed E-state index contributed by atoms with van der Waals surface area (Å²) in [5, 5.41) is 20.4. The fourth-order valence-electron chi connectivity index (χ4n) is 4.05. The van der Waals surface area contributed by atoms with Crippen LogP contribution in [0, 0.1) is 0 Å². The van der Waals surface area contributed by atoms with Gasteiger partial charge in [-0.2, -0.15) is 0 Å². The molecule has 0 fully saturated rings. The van der Waals surface area contributed by atoms with Crippen molar-refractivity contribution < 1.29 is 19.5 Å². The van der Waals surface area contributed by atoms with Crippen LogP contribution < -0.4 is 5.11 Å². The van der Waals surface area contributed by atoms with E-state index in [1.165, 1.54) is 77.0 Å². The van der Waals surface area contributed by atoms with Gasteiger partial charge < -0.3 is 15.0 Å². The van der Waals surface area contributed by atoms with Crippen molar-refractivity contribution in [2.75, 3.05) is 19.7 Å². The maximum atomic E-state index is 11.1. The van der Waals surface area contributed by atoms with Crippen molar-refractivity contribution in [3.63, 3.8) is 0 Å². The van der Waals surface area contributed by atoms with E-state index in [0.29, 0.717) is 6.54 Å². The maximum absolute atomic E-state index is 11.1. The third-order valence-electron chi connectivity index (χ3n) is 5.75. The molecule has 0 aromatic carbocycles. The predicted octanol–water partition coefficient (Wildman–Crippen LogP) is 4.30. The molecule has 1 heterocycles. The Balaban J connectivity index is 2.01. The zero-order valence-corrected chi connectivity index (χ0v) is 18.0. The molecule has 0 amide bonds. The largest absolute Gasteiger partial charge is 0.544 e. The van der Waals surface area contributed by atoms with Gasteiger partial charge in [-0.05, 0) is 6.42 Å². The number of unbranched alkanes of at least 4 members (excludes halogenated alkanes) is 13. The third-order valence-corrected chi connectivity index (χ3v) is 5.75. The van der Waals surface area contributed by atoms with Gasteiger partial charge in [0.15, 0.2) is 0 Å². The van der Waals surface area contributed by atoms with Crippen molar-refractivity contribution in [2.24, 2.45) is 4.99 Å². The zero-order valence-electron chi connectivity index (χ0n) is 18.0. The van der Waals surface area contributed by atoms with Gasteiger partial charge in [0.05, 0.1) is 18.8 Å². The zero-order chi connectivity index (χ0) is 20.5. The monoisotopic (exact) mass is 394 g/mol. The summed E-state index contributed by atoms with van der Waals surface area (Å²) in [7, 11) is 0. The molecule has 5 heteroatoms. The second-order valence-corrected chi connectivity index (χ2v) is 8.20. The number of amidine groups is 1. The van der Waals surface area contributed by atoms with Crippen LogP contribution in [0.25, 0.3) is 0 Å². The summed E-state index contributed by atoms with van der Waals surface area (Å²) in [6.07, 6.45) is 22.7. The molecular formula is C23H42N2O3. The van der Waals surface area contributed by atoms with Gasteiger partial charge in [0.25, 0.3) is 0 Å². The summed E-state index contributed by atoms with van der Waals surface area (Å²) in [6.45, 7) is 2.41. The average molecular weight is 395 g/mol. The van der Waals surface area contributed by atoms with Gasteiger partial charge in [-0.25, -0.2) is 9.48 Å². The number of hydrogen-bond acceptors (Lipinski definition) is 4. The first-order valence-corrected chi connectivity index (χ1v) is 11.6. The number of aliphatic carboxylic acids is 1. The van der Waals surface area contributed by atoms with E-state index in [0.717, 1.165) is 25.1 Å². The Labute approximate surface area is 172 Å². The Kier molecular flexibility index (Phi) is 13.9. The molecule has 0 radical (unpaired) electrons. The van der Waals surface area contributed by atoms with E-state index in [4.69, 9.17) is 0 Å². The van der Waals surface area contributed by atoms with Gasteiger partial charge >= 0.3 is 0 Å². The van der Waals surface area contributed by atoms with Gasteiger partial charge in [-0.15, -0.1) is 0 Å². The molecule has 1 aliphatic rings. The second-order valence-electron chi connectivity index (χ2n) is 8.20. The number of rotatable bonds is 19. The van der Waals surface area contributed by atoms with Crippen LogP contribution in [0.2, 0.25) is 0 Å². The molecule has 0 aromatic heterocycles. The van der Waals surface area contributed by atoms with Gasteiger partial charge in [0.1, 0.15) is 19.3 Å². The number of aliphatic hydroxyl groups excluding tert-OH is 1. The summed E-state index contributed by atoms with van der Waals surface area (Å²) in [5.41, 5.74) is 0. The van der Waals surface area contributed by atoms with E-state index in [-0.39, 0.29) is 17.6 Å². The minimum Gasteiger partial charge on any atom is -0.544 e. The Hall–Kier alpha value is -1.20. The Morgan fingerprint density at radius 1 is 0.929 bits per heavy atom. The molecule has 1 atom stereocenters. The molecule has 0 bridgehead atoms. The van der Waals surface area contributed by atoms with E-state index in [1.54, 1.807) is 12.4 Å². The van der Waals surface area contributed by atoms with Crippen LogP contribution in [-0.2, 0) is 4.79 Å². The number of quaternary nitrogens is 1. The van der Waals surface area contributed by atoms with E-state index in [2.05, 4.69) is 11.9 Å². The number of aliphatic imine (C=N–C) groups is 1. The number of carbonyl (C=O) groups excluding carboxylic acids is 1. The highest BCUT2D eigenvalue weighted by atomic mass is 16.4. The molecule has 0 saturated heterocycles. The highest BCUT2D eigenvalue weighted by Gasteiger charge is 2.34. The molecule has 0 saturated carbocycles. The highest BCUT2D eigenvalue weighted by Crippen LogP contribution is 2.21. The van der Waals surface area contributed by atoms with Crippen LogP contribution >= 0.6 is 0 Å². The first-order valence-electron chi connectivity index (χ1n) is 11.6. The Morgan fingerprint density at radius 3 is 1.89 bits per heavy atom. The smallest absolute Gasteiger partial charge is 0.207 e. The summed E-state index contributed by atoms with van der Waals surface area (Å²) in [4.78, 5) is 15.5. The van der Waals surface area contributed by atoms with Gasteiger partial charge in [-0.3, -0.25) is 0 Å². The number of hydrogen-bond donors (Lipinski definition) is 1. The predicted molar refractivity (Wildman–Crippen MR) is 114 cm³/mol. The molecule has 0 aliphatic carbocycles. The normalized spacial score (nSPS) is 18.6. The molecule has 1 aliphatic heterocycles. The topological polar surface area (TPSA) is 72.7 Å². The van der Waals surface area contributed by atoms with Crippen LogP contribution in [0.15, 0.2) is 17.4 Å². The number of carboxylic acids is 1. The third kappa shape index (κ3) is 10.4. The average Bonchev–Trinajstić information content (AvgIpc) is 3.03. The first-order chi connectivity index (χ1) is 13.6. The van der Waals surface area contributed by atoms with Crippen LogP contribution in [0.1, 0.15) is 103 Å². The molecule has 5 nitrogen and oxygen atoms in total. The fourth-order valence-corrected chi connectivity index (χ4v) is 4.05. The summed E-state index contributed by atoms with van der Waals surface area (Å²) < 4.78 is 0.122. The molecule has 0 spiro atoms. The van der Waals surface area contributed by atoms with Crippen molar-refractivity contribution in [3.05, 3.63) is 12.4 Å². The molecular weight excluding hydrogens is 352 g/mol. The second kappa shape index (κ2) is 15.7. The maximum Gasteiger partial charge on any atom is 0.207 e. The van der Waals surface area contributed by atoms with Crippen LogP contribution in [-0.4, -0.2) is 41.1 Å². The van der Waals surface area contributed by atoms with E-state index >= 15 is 0 Å². The minimum atomic E-state index is -1.10. The fraction of sp³-hybridized carbons (Fsp3) is 0.826. The number of aliphatic hydroxyl groups is 1. The standard InChI is InChI=1S/C23H42N2O3/c1-2-3-4-5-6-7-8-9-10-11-12-13-14-15-16-22-24-17-18-25(22,19-20-26)21-23(27)28/h17-18,26H,2-16,19-21H2,1H3. The molecule has 1 unspecified atom stereocenters. The lowest BCUT2D eigenvalue weighted by Gasteiger charge is -2.32. The number of carbonyl (C=O) groups is 1. The van der Waals surface area contributed by atoms with Crippen LogP contribution in [0.4, 0.5) is 0 Å². The van der Waals surface area contributed by atoms with Crippen molar-refractivity contribution in [2.45, 2.75) is 103 Å². The summed E-state index contributed by atoms with van der Waals surface area (Å²) in [5.74, 6) is -0.258. The molecule has 0 aromatic rings. The molecule has 1 N–H and O–H groups in total. The molecule has 28 heavy (non-hydrogen) atoms. The first kappa shape index (κ1) is 24.8. The lowest BCUT2D eigenvalue weighted by Crippen LogP contribution is -2.54. The van der Waals surface area contributed by atoms with Crippen molar-refractivity contribution in [3.8, 4) is 0 Å². The lowest BCUT2D eigenvalue weighted by atomic mass is 10.0. The van der Waals surface area contributed by atoms with E-state index in [9.17, 15) is 15.0 Å². The minimum absolute atomic E-state index is 0.0601. The van der Waals surface area contributed by atoms with Crippen LogP contribution in [0.3, 0.4) is 0 Å². The van der Waals surface area contributed by atoms with Crippen LogP contribution in [0.5, 0.6) is 0 Å². The lowest BCUT2D eigenvalue weighted by molar-refractivity contribution is -0.783. The molecule has 162 valence electrons. The van der Waals surface area contributed by atoms with Crippen molar-refractivity contribution in [1.29, 1.82) is 0 Å². The Bertz CT molecular complexity index is 476. The van der Waals surface area contributed by atoms with E-state index in [1.807, 2.05) is 0 Å². The van der Waals surface area contributed by atoms with Crippen molar-refractivity contribution >= 4 is 11.8 Å². The van der Waals surface area contributed by atoms with E-state index < -0.39 is 5.97 Å². The highest BCUT2D eigenvalue weighted by molar-refractivity contribution is 5.80. The number of carboxylic acid groups (broad SMARTS) is 1. The quantitative estimate of drug-likeness (QED) is 0.262. The number of nitrogens with zero attached hydrogens (tertiary/aromatic N) is 2. The SMILES string of the molecule is CCCCCCCCCCCCCCCCC1=NC=C[N+]1(CCO)CC(=O)[O-].